The van der Waals surface area contributed by atoms with Crippen LogP contribution in [0, 0.1) is 25.7 Å². The summed E-state index contributed by atoms with van der Waals surface area (Å²) in [4.78, 5) is 25.8. The summed E-state index contributed by atoms with van der Waals surface area (Å²) in [6.07, 6.45) is 2.86. The minimum atomic E-state index is -0.971. The molecular weight excluding hydrogens is 362 g/mol. The number of benzene rings is 1. The minimum absolute atomic E-state index is 0.0181. The summed E-state index contributed by atoms with van der Waals surface area (Å²) < 4.78 is 5.51. The molecule has 2 atom stereocenters. The van der Waals surface area contributed by atoms with E-state index in [0.29, 0.717) is 11.7 Å². The fourth-order valence-electron chi connectivity index (χ4n) is 4.31. The molecule has 1 fully saturated rings. The number of thioether (sulfide) groups is 1. The van der Waals surface area contributed by atoms with Crippen molar-refractivity contribution in [3.8, 4) is 5.75 Å². The van der Waals surface area contributed by atoms with Crippen molar-refractivity contribution in [3.05, 3.63) is 28.3 Å². The fraction of sp³-hybridized carbons (Fsp3) is 0.619. The third-order valence-corrected chi connectivity index (χ3v) is 6.95. The van der Waals surface area contributed by atoms with Gasteiger partial charge in [-0.25, -0.2) is 4.79 Å². The SMILES string of the molecule is Cc1cc(OCC(=O)O)c(C)c2c1CC[C@@H]([C@H](C)C(=O)N1CCSCC1)C2. The average Bonchev–Trinajstić information content (AvgIpc) is 2.68. The second-order valence-electron chi connectivity index (χ2n) is 7.69. The van der Waals surface area contributed by atoms with E-state index in [1.807, 2.05) is 29.7 Å². The molecule has 1 amide bonds. The zero-order valence-electron chi connectivity index (χ0n) is 16.4. The van der Waals surface area contributed by atoms with E-state index in [1.165, 1.54) is 11.1 Å². The van der Waals surface area contributed by atoms with Crippen LogP contribution in [-0.2, 0) is 22.4 Å². The summed E-state index contributed by atoms with van der Waals surface area (Å²) in [6.45, 7) is 7.54. The summed E-state index contributed by atoms with van der Waals surface area (Å²) in [6, 6.07) is 1.96. The molecule has 0 radical (unpaired) electrons. The van der Waals surface area contributed by atoms with Gasteiger partial charge in [-0.1, -0.05) is 6.92 Å². The van der Waals surface area contributed by atoms with Gasteiger partial charge in [0.2, 0.25) is 5.91 Å². The van der Waals surface area contributed by atoms with Crippen molar-refractivity contribution in [3.63, 3.8) is 0 Å². The quantitative estimate of drug-likeness (QED) is 0.835. The molecule has 1 aliphatic carbocycles. The van der Waals surface area contributed by atoms with Gasteiger partial charge in [0, 0.05) is 30.5 Å². The first-order valence-corrected chi connectivity index (χ1v) is 10.9. The van der Waals surface area contributed by atoms with Crippen molar-refractivity contribution in [2.75, 3.05) is 31.2 Å². The van der Waals surface area contributed by atoms with Crippen LogP contribution in [0.2, 0.25) is 0 Å². The molecule has 0 spiro atoms. The van der Waals surface area contributed by atoms with Crippen molar-refractivity contribution in [2.45, 2.75) is 40.0 Å². The molecule has 1 heterocycles. The van der Waals surface area contributed by atoms with Gasteiger partial charge in [0.1, 0.15) is 5.75 Å². The summed E-state index contributed by atoms with van der Waals surface area (Å²) in [5.74, 6) is 2.39. The maximum atomic E-state index is 12.9. The maximum Gasteiger partial charge on any atom is 0.341 e. The Balaban J connectivity index is 1.77. The van der Waals surface area contributed by atoms with Crippen LogP contribution >= 0.6 is 11.8 Å². The molecule has 0 aromatic heterocycles. The van der Waals surface area contributed by atoms with Crippen LogP contribution in [0.4, 0.5) is 0 Å². The Kier molecular flexibility index (Phi) is 6.35. The van der Waals surface area contributed by atoms with Gasteiger partial charge in [0.05, 0.1) is 0 Å². The summed E-state index contributed by atoms with van der Waals surface area (Å²) >= 11 is 1.92. The second-order valence-corrected chi connectivity index (χ2v) is 8.91. The van der Waals surface area contributed by atoms with Gasteiger partial charge in [-0.2, -0.15) is 11.8 Å². The third-order valence-electron chi connectivity index (χ3n) is 6.01. The van der Waals surface area contributed by atoms with Crippen LogP contribution in [0.5, 0.6) is 5.75 Å². The van der Waals surface area contributed by atoms with E-state index in [0.717, 1.165) is 55.0 Å². The Bertz CT molecular complexity index is 727. The zero-order valence-corrected chi connectivity index (χ0v) is 17.2. The largest absolute Gasteiger partial charge is 0.482 e. The molecular formula is C21H29NO4S. The van der Waals surface area contributed by atoms with Gasteiger partial charge in [-0.15, -0.1) is 0 Å². The number of hydrogen-bond donors (Lipinski definition) is 1. The first-order valence-electron chi connectivity index (χ1n) is 9.71. The number of hydrogen-bond acceptors (Lipinski definition) is 4. The minimum Gasteiger partial charge on any atom is -0.482 e. The Labute approximate surface area is 165 Å². The van der Waals surface area contributed by atoms with Crippen LogP contribution in [0.1, 0.15) is 35.6 Å². The summed E-state index contributed by atoms with van der Waals surface area (Å²) in [5, 5.41) is 8.90. The van der Waals surface area contributed by atoms with Crippen LogP contribution in [0.3, 0.4) is 0 Å². The number of carbonyl (C=O) groups excluding carboxylic acids is 1. The van der Waals surface area contributed by atoms with Crippen molar-refractivity contribution >= 4 is 23.6 Å². The lowest BCUT2D eigenvalue weighted by molar-refractivity contribution is -0.139. The van der Waals surface area contributed by atoms with E-state index in [9.17, 15) is 9.59 Å². The number of carbonyl (C=O) groups is 2. The van der Waals surface area contributed by atoms with E-state index in [1.54, 1.807) is 0 Å². The highest BCUT2D eigenvalue weighted by atomic mass is 32.2. The fourth-order valence-corrected chi connectivity index (χ4v) is 5.22. The van der Waals surface area contributed by atoms with Gasteiger partial charge < -0.3 is 14.7 Å². The monoisotopic (exact) mass is 391 g/mol. The molecule has 1 aliphatic heterocycles. The van der Waals surface area contributed by atoms with Crippen LogP contribution < -0.4 is 4.74 Å². The van der Waals surface area contributed by atoms with E-state index in [-0.39, 0.29) is 18.4 Å². The highest BCUT2D eigenvalue weighted by Gasteiger charge is 2.32. The smallest absolute Gasteiger partial charge is 0.341 e. The number of aryl methyl sites for hydroxylation is 1. The maximum absolute atomic E-state index is 12.9. The molecule has 1 saturated heterocycles. The lowest BCUT2D eigenvalue weighted by Gasteiger charge is -2.35. The van der Waals surface area contributed by atoms with Gasteiger partial charge in [-0.05, 0) is 67.3 Å². The molecule has 1 aromatic rings. The molecule has 27 heavy (non-hydrogen) atoms. The molecule has 1 N–H and O–H groups in total. The Morgan fingerprint density at radius 1 is 1.30 bits per heavy atom. The van der Waals surface area contributed by atoms with Crippen molar-refractivity contribution < 1.29 is 19.4 Å². The number of carboxylic acids is 1. The number of nitrogens with zero attached hydrogens (tertiary/aromatic N) is 1. The first-order chi connectivity index (χ1) is 12.9. The number of aliphatic carboxylic acids is 1. The Morgan fingerprint density at radius 3 is 2.67 bits per heavy atom. The van der Waals surface area contributed by atoms with E-state index in [4.69, 9.17) is 9.84 Å². The second kappa shape index (κ2) is 8.55. The normalized spacial score (nSPS) is 20.7. The zero-order chi connectivity index (χ0) is 19.6. The van der Waals surface area contributed by atoms with Gasteiger partial charge in [0.15, 0.2) is 6.61 Å². The number of carboxylic acid groups (broad SMARTS) is 1. The Hall–Kier alpha value is -1.69. The number of fused-ring (bicyclic) bond motifs is 1. The lowest BCUT2D eigenvalue weighted by atomic mass is 9.74. The topological polar surface area (TPSA) is 66.8 Å². The molecule has 6 heteroatoms. The predicted molar refractivity (Wildman–Crippen MR) is 108 cm³/mol. The van der Waals surface area contributed by atoms with Gasteiger partial charge in [0.25, 0.3) is 0 Å². The molecule has 2 aliphatic rings. The van der Waals surface area contributed by atoms with E-state index >= 15 is 0 Å². The predicted octanol–water partition coefficient (Wildman–Crippen LogP) is 3.08. The summed E-state index contributed by atoms with van der Waals surface area (Å²) in [7, 11) is 0. The van der Waals surface area contributed by atoms with Crippen molar-refractivity contribution in [1.82, 2.24) is 4.90 Å². The van der Waals surface area contributed by atoms with Crippen molar-refractivity contribution in [1.29, 1.82) is 0 Å². The summed E-state index contributed by atoms with van der Waals surface area (Å²) in [5.41, 5.74) is 4.78. The molecule has 3 rings (SSSR count). The van der Waals surface area contributed by atoms with Crippen LogP contribution in [0.15, 0.2) is 6.07 Å². The molecule has 148 valence electrons. The van der Waals surface area contributed by atoms with E-state index in [2.05, 4.69) is 13.8 Å². The highest BCUT2D eigenvalue weighted by Crippen LogP contribution is 2.38. The standard InChI is InChI=1S/C21H29NO4S/c1-13-10-19(26-12-20(23)24)15(3)18-11-16(4-5-17(13)18)14(2)21(25)22-6-8-27-9-7-22/h10,14,16H,4-9,11-12H2,1-3H3,(H,23,24)/t14-,16+/m0/s1. The highest BCUT2D eigenvalue weighted by molar-refractivity contribution is 7.99. The van der Waals surface area contributed by atoms with Crippen molar-refractivity contribution in [2.24, 2.45) is 11.8 Å². The third kappa shape index (κ3) is 4.42. The number of ether oxygens (including phenoxy) is 1. The van der Waals surface area contributed by atoms with Crippen LogP contribution in [0.25, 0.3) is 0 Å². The number of amides is 1. The first kappa shape index (κ1) is 20.1. The molecule has 0 unspecified atom stereocenters. The number of rotatable bonds is 5. The Morgan fingerprint density at radius 2 is 2.00 bits per heavy atom. The molecule has 0 bridgehead atoms. The molecule has 5 nitrogen and oxygen atoms in total. The lowest BCUT2D eigenvalue weighted by Crippen LogP contribution is -2.43. The molecule has 0 saturated carbocycles. The van der Waals surface area contributed by atoms with Crippen LogP contribution in [-0.4, -0.2) is 53.1 Å². The van der Waals surface area contributed by atoms with Gasteiger partial charge >= 0.3 is 5.97 Å². The van der Waals surface area contributed by atoms with E-state index < -0.39 is 5.97 Å². The molecule has 1 aromatic carbocycles. The average molecular weight is 392 g/mol. The van der Waals surface area contributed by atoms with Gasteiger partial charge in [-0.3, -0.25) is 4.79 Å².